The van der Waals surface area contributed by atoms with Gasteiger partial charge in [0.2, 0.25) is 11.7 Å². The second kappa shape index (κ2) is 12.7. The first-order valence-electron chi connectivity index (χ1n) is 12.5. The Bertz CT molecular complexity index is 1560. The number of pyridine rings is 1. The van der Waals surface area contributed by atoms with Crippen LogP contribution >= 0.6 is 23.4 Å². The maximum absolute atomic E-state index is 11.4. The Morgan fingerprint density at radius 1 is 1.05 bits per heavy atom. The Kier molecular flexibility index (Phi) is 8.70. The molecule has 5 aromatic rings. The summed E-state index contributed by atoms with van der Waals surface area (Å²) in [6, 6.07) is 25.8. The monoisotopic (exact) mass is 558 g/mol. The first-order valence-corrected chi connectivity index (χ1v) is 14.0. The third-order valence-corrected chi connectivity index (χ3v) is 7.86. The number of amides is 1. The van der Waals surface area contributed by atoms with Crippen LogP contribution in [-0.4, -0.2) is 37.3 Å². The van der Waals surface area contributed by atoms with Crippen molar-refractivity contribution < 1.29 is 9.53 Å². The molecule has 3 N–H and O–H groups in total. The number of hydrogen-bond acceptors (Lipinski definition) is 7. The van der Waals surface area contributed by atoms with Gasteiger partial charge in [-0.25, -0.2) is 4.98 Å². The van der Waals surface area contributed by atoms with Gasteiger partial charge in [-0.15, -0.1) is 10.2 Å². The van der Waals surface area contributed by atoms with Crippen LogP contribution in [-0.2, 0) is 17.8 Å². The van der Waals surface area contributed by atoms with E-state index in [1.54, 1.807) is 11.8 Å². The zero-order chi connectivity index (χ0) is 27.0. The summed E-state index contributed by atoms with van der Waals surface area (Å²) >= 11 is 7.85. The first kappa shape index (κ1) is 26.6. The van der Waals surface area contributed by atoms with Gasteiger partial charge in [0.1, 0.15) is 12.4 Å². The molecule has 0 saturated carbocycles. The molecule has 0 aliphatic heterocycles. The molecule has 39 heavy (non-hydrogen) atoms. The summed E-state index contributed by atoms with van der Waals surface area (Å²) in [5.74, 6) is 1.67. The van der Waals surface area contributed by atoms with Crippen LogP contribution in [0.5, 0.6) is 5.75 Å². The number of nitrogens with two attached hydrogens (primary N) is 1. The van der Waals surface area contributed by atoms with E-state index in [-0.39, 0.29) is 11.2 Å². The molecule has 8 nitrogen and oxygen atoms in total. The molecular weight excluding hydrogens is 532 g/mol. The molecule has 0 radical (unpaired) electrons. The highest BCUT2D eigenvalue weighted by atomic mass is 35.5. The molecule has 0 aliphatic rings. The third-order valence-electron chi connectivity index (χ3n) is 6.28. The number of thioether (sulfide) groups is 1. The molecule has 0 spiro atoms. The predicted octanol–water partition coefficient (Wildman–Crippen LogP) is 5.93. The van der Waals surface area contributed by atoms with Crippen LogP contribution in [0, 0.1) is 0 Å². The van der Waals surface area contributed by atoms with Crippen LogP contribution in [0.4, 0.5) is 0 Å². The summed E-state index contributed by atoms with van der Waals surface area (Å²) in [5.41, 5.74) is 10.3. The van der Waals surface area contributed by atoms with Crippen LogP contribution in [0.15, 0.2) is 78.9 Å². The minimum absolute atomic E-state index is 0.132. The largest absolute Gasteiger partial charge is 0.487 e. The van der Waals surface area contributed by atoms with Crippen molar-refractivity contribution in [3.63, 3.8) is 0 Å². The van der Waals surface area contributed by atoms with E-state index in [0.717, 1.165) is 51.9 Å². The maximum Gasteiger partial charge on any atom is 0.218 e. The Morgan fingerprint density at radius 2 is 1.92 bits per heavy atom. The number of hydrogen-bond donors (Lipinski definition) is 2. The summed E-state index contributed by atoms with van der Waals surface area (Å²) in [6.07, 6.45) is 1.97. The normalized spacial score (nSPS) is 11.9. The van der Waals surface area contributed by atoms with Gasteiger partial charge in [0.15, 0.2) is 0 Å². The zero-order valence-corrected chi connectivity index (χ0v) is 22.7. The van der Waals surface area contributed by atoms with E-state index in [0.29, 0.717) is 29.6 Å². The lowest BCUT2D eigenvalue weighted by atomic mass is 9.99. The molecule has 0 saturated heterocycles. The van der Waals surface area contributed by atoms with E-state index in [9.17, 15) is 4.79 Å². The van der Waals surface area contributed by atoms with Gasteiger partial charge in [0.25, 0.3) is 0 Å². The number of rotatable bonds is 12. The minimum Gasteiger partial charge on any atom is -0.487 e. The molecule has 1 atom stereocenters. The number of carbonyl (C=O) groups excluding carboxylic acids is 1. The molecule has 1 amide bonds. The van der Waals surface area contributed by atoms with Gasteiger partial charge in [0, 0.05) is 33.4 Å². The lowest BCUT2D eigenvalue weighted by Gasteiger charge is -2.19. The van der Waals surface area contributed by atoms with Crippen molar-refractivity contribution in [1.29, 1.82) is 0 Å². The van der Waals surface area contributed by atoms with Crippen molar-refractivity contribution in [2.45, 2.75) is 31.1 Å². The summed E-state index contributed by atoms with van der Waals surface area (Å²) in [6.45, 7) is 0.337. The number of tetrazole rings is 1. The highest BCUT2D eigenvalue weighted by Gasteiger charge is 2.16. The molecule has 5 rings (SSSR count). The van der Waals surface area contributed by atoms with E-state index in [2.05, 4.69) is 43.8 Å². The van der Waals surface area contributed by atoms with Crippen LogP contribution < -0.4 is 10.5 Å². The van der Waals surface area contributed by atoms with Crippen molar-refractivity contribution in [1.82, 2.24) is 25.6 Å². The quantitative estimate of drug-likeness (QED) is 0.195. The van der Waals surface area contributed by atoms with E-state index in [1.165, 1.54) is 0 Å². The van der Waals surface area contributed by atoms with Crippen molar-refractivity contribution in [2.75, 3.05) is 5.75 Å². The number of ether oxygens (including phenoxy) is 1. The first-order chi connectivity index (χ1) is 19.0. The van der Waals surface area contributed by atoms with Crippen molar-refractivity contribution in [2.24, 2.45) is 5.73 Å². The van der Waals surface area contributed by atoms with E-state index >= 15 is 0 Å². The predicted molar refractivity (Wildman–Crippen MR) is 154 cm³/mol. The summed E-state index contributed by atoms with van der Waals surface area (Å²) in [4.78, 5) is 16.1. The van der Waals surface area contributed by atoms with Crippen molar-refractivity contribution in [3.8, 4) is 17.1 Å². The average Bonchev–Trinajstić information content (AvgIpc) is 3.49. The molecule has 10 heteroatoms. The number of benzene rings is 3. The molecule has 2 heterocycles. The fourth-order valence-corrected chi connectivity index (χ4v) is 5.74. The highest BCUT2D eigenvalue weighted by Crippen LogP contribution is 2.36. The molecule has 2 aromatic heterocycles. The molecule has 0 bridgehead atoms. The number of aromatic amines is 1. The molecule has 3 aromatic carbocycles. The second-order valence-corrected chi connectivity index (χ2v) is 10.8. The van der Waals surface area contributed by atoms with E-state index in [1.807, 2.05) is 60.7 Å². The lowest BCUT2D eigenvalue weighted by Crippen LogP contribution is -2.11. The SMILES string of the molecule is NC(=O)CCSC(CCc1ccccc1-c1nn[nH]n1)c1cccc(OCc2ccc3ccc(Cl)cc3n2)c1. The second-order valence-electron chi connectivity index (χ2n) is 9.01. The Balaban J connectivity index is 1.31. The van der Waals surface area contributed by atoms with Gasteiger partial charge in [0.05, 0.1) is 11.2 Å². The number of nitrogens with zero attached hydrogens (tertiary/aromatic N) is 4. The van der Waals surface area contributed by atoms with Gasteiger partial charge in [-0.3, -0.25) is 4.79 Å². The number of fused-ring (bicyclic) bond motifs is 1. The summed E-state index contributed by atoms with van der Waals surface area (Å²) in [5, 5.41) is 16.3. The number of carbonyl (C=O) groups is 1. The van der Waals surface area contributed by atoms with Gasteiger partial charge in [-0.1, -0.05) is 60.1 Å². The fourth-order valence-electron chi connectivity index (χ4n) is 4.34. The number of H-pyrrole nitrogens is 1. The van der Waals surface area contributed by atoms with Crippen molar-refractivity contribution in [3.05, 3.63) is 101 Å². The number of nitrogens with one attached hydrogen (secondary N) is 1. The Hall–Kier alpha value is -3.95. The smallest absolute Gasteiger partial charge is 0.218 e. The molecule has 1 unspecified atom stereocenters. The summed E-state index contributed by atoms with van der Waals surface area (Å²) in [7, 11) is 0. The molecule has 0 aliphatic carbocycles. The minimum atomic E-state index is -0.301. The fraction of sp³-hybridized carbons (Fsp3) is 0.207. The summed E-state index contributed by atoms with van der Waals surface area (Å²) < 4.78 is 6.13. The number of primary amides is 1. The average molecular weight is 559 g/mol. The van der Waals surface area contributed by atoms with E-state index < -0.39 is 0 Å². The van der Waals surface area contributed by atoms with Crippen LogP contribution in [0.2, 0.25) is 5.02 Å². The standard InChI is InChI=1S/C29H27ClN6O2S/c30-22-11-8-20-9-12-23(32-26(20)17-22)18-38-24-6-3-5-21(16-24)27(39-15-14-28(31)37)13-10-19-4-1-2-7-25(19)29-33-35-36-34-29/h1-9,11-12,16-17,27H,10,13-15,18H2,(H2,31,37)(H,33,34,35,36). The van der Waals surface area contributed by atoms with E-state index in [4.69, 9.17) is 22.1 Å². The van der Waals surface area contributed by atoms with Gasteiger partial charge < -0.3 is 10.5 Å². The van der Waals surface area contributed by atoms with Gasteiger partial charge >= 0.3 is 0 Å². The topological polar surface area (TPSA) is 120 Å². The number of halogens is 1. The molecule has 0 fully saturated rings. The van der Waals surface area contributed by atoms with Crippen LogP contribution in [0.1, 0.15) is 34.9 Å². The van der Waals surface area contributed by atoms with Crippen LogP contribution in [0.25, 0.3) is 22.3 Å². The molecular formula is C29H27ClN6O2S. The Morgan fingerprint density at radius 3 is 2.77 bits per heavy atom. The van der Waals surface area contributed by atoms with Crippen molar-refractivity contribution >= 4 is 40.2 Å². The Labute approximate surface area is 235 Å². The maximum atomic E-state index is 11.4. The highest BCUT2D eigenvalue weighted by molar-refractivity contribution is 7.99. The molecule has 198 valence electrons. The lowest BCUT2D eigenvalue weighted by molar-refractivity contribution is -0.117. The van der Waals surface area contributed by atoms with Gasteiger partial charge in [-0.05, 0) is 59.5 Å². The zero-order valence-electron chi connectivity index (χ0n) is 21.1. The number of aryl methyl sites for hydroxylation is 1. The van der Waals surface area contributed by atoms with Crippen LogP contribution in [0.3, 0.4) is 0 Å². The third kappa shape index (κ3) is 7.13. The number of aromatic nitrogens is 5. The van der Waals surface area contributed by atoms with Gasteiger partial charge in [-0.2, -0.15) is 17.0 Å².